The van der Waals surface area contributed by atoms with Crippen LogP contribution in [0.4, 0.5) is 13.2 Å². The number of amides is 2. The number of piperidine rings is 1. The van der Waals surface area contributed by atoms with Crippen LogP contribution in [0.5, 0.6) is 11.5 Å². The van der Waals surface area contributed by atoms with Crippen molar-refractivity contribution < 1.29 is 32.2 Å². The summed E-state index contributed by atoms with van der Waals surface area (Å²) < 4.78 is 49.4. The molecular weight excluding hydrogens is 425 g/mol. The van der Waals surface area contributed by atoms with Gasteiger partial charge in [-0.15, -0.1) is 0 Å². The van der Waals surface area contributed by atoms with Crippen molar-refractivity contribution >= 4 is 11.8 Å². The number of ether oxygens (including phenoxy) is 2. The third kappa shape index (κ3) is 5.52. The van der Waals surface area contributed by atoms with Crippen LogP contribution in [-0.2, 0) is 17.5 Å². The average molecular weight is 450 g/mol. The van der Waals surface area contributed by atoms with Gasteiger partial charge in [0.1, 0.15) is 11.5 Å². The van der Waals surface area contributed by atoms with Crippen molar-refractivity contribution in [3.63, 3.8) is 0 Å². The summed E-state index contributed by atoms with van der Waals surface area (Å²) in [6.45, 7) is 0.760. The summed E-state index contributed by atoms with van der Waals surface area (Å²) in [5, 5.41) is 2.86. The Kier molecular flexibility index (Phi) is 7.27. The number of rotatable bonds is 6. The van der Waals surface area contributed by atoms with Crippen LogP contribution in [0.25, 0.3) is 0 Å². The van der Waals surface area contributed by atoms with Crippen LogP contribution in [0.1, 0.15) is 34.3 Å². The molecule has 2 amide bonds. The fourth-order valence-electron chi connectivity index (χ4n) is 3.73. The minimum Gasteiger partial charge on any atom is -0.497 e. The second kappa shape index (κ2) is 9.93. The van der Waals surface area contributed by atoms with Crippen LogP contribution >= 0.6 is 0 Å². The summed E-state index contributed by atoms with van der Waals surface area (Å²) in [5.41, 5.74) is -0.170. The fraction of sp³-hybridized carbons (Fsp3) is 0.391. The second-order valence-electron chi connectivity index (χ2n) is 7.56. The Balaban J connectivity index is 1.65. The minimum atomic E-state index is -4.53. The Labute approximate surface area is 184 Å². The lowest BCUT2D eigenvalue weighted by Gasteiger charge is -2.32. The van der Waals surface area contributed by atoms with Gasteiger partial charge in [0.15, 0.2) is 0 Å². The van der Waals surface area contributed by atoms with Gasteiger partial charge in [-0.3, -0.25) is 9.59 Å². The molecule has 0 aliphatic carbocycles. The number of carbonyl (C=O) groups excluding carboxylic acids is 2. The molecule has 0 unspecified atom stereocenters. The lowest BCUT2D eigenvalue weighted by molar-refractivity contribution is -0.137. The fourth-order valence-corrected chi connectivity index (χ4v) is 3.73. The molecule has 1 aliphatic heterocycles. The van der Waals surface area contributed by atoms with Gasteiger partial charge >= 0.3 is 6.18 Å². The van der Waals surface area contributed by atoms with Crippen LogP contribution in [0.15, 0.2) is 42.5 Å². The molecule has 1 heterocycles. The predicted molar refractivity (Wildman–Crippen MR) is 111 cm³/mol. The quantitative estimate of drug-likeness (QED) is 0.725. The monoisotopic (exact) mass is 450 g/mol. The molecule has 0 bridgehead atoms. The molecule has 6 nitrogen and oxygen atoms in total. The zero-order chi connectivity index (χ0) is 23.3. The van der Waals surface area contributed by atoms with Gasteiger partial charge in [-0.25, -0.2) is 0 Å². The van der Waals surface area contributed by atoms with E-state index in [0.717, 1.165) is 17.7 Å². The van der Waals surface area contributed by atoms with Crippen molar-refractivity contribution in [1.82, 2.24) is 10.2 Å². The number of likely N-dealkylation sites (tertiary alicyclic amines) is 1. The highest BCUT2D eigenvalue weighted by Crippen LogP contribution is 2.30. The van der Waals surface area contributed by atoms with E-state index in [2.05, 4.69) is 5.32 Å². The molecule has 2 aromatic carbocycles. The van der Waals surface area contributed by atoms with Gasteiger partial charge in [0.2, 0.25) is 5.91 Å². The van der Waals surface area contributed by atoms with E-state index >= 15 is 0 Å². The standard InChI is InChI=1S/C23H25F3N2O4/c1-31-19-8-9-20(32-2)17(12-19)13-27-21(29)16-6-4-10-28(14-16)22(30)15-5-3-7-18(11-15)23(24,25)26/h3,5,7-9,11-12,16H,4,6,10,13-14H2,1-2H3,(H,27,29)/t16-/m0/s1. The molecule has 172 valence electrons. The first-order valence-electron chi connectivity index (χ1n) is 10.2. The smallest absolute Gasteiger partial charge is 0.416 e. The normalized spacial score (nSPS) is 16.4. The molecule has 0 saturated carbocycles. The number of methoxy groups -OCH3 is 2. The molecule has 1 fully saturated rings. The first kappa shape index (κ1) is 23.4. The van der Waals surface area contributed by atoms with E-state index < -0.39 is 23.6 Å². The second-order valence-corrected chi connectivity index (χ2v) is 7.56. The van der Waals surface area contributed by atoms with Crippen LogP contribution in [-0.4, -0.2) is 44.0 Å². The largest absolute Gasteiger partial charge is 0.497 e. The summed E-state index contributed by atoms with van der Waals surface area (Å²) in [6, 6.07) is 9.61. The number of nitrogens with one attached hydrogen (secondary N) is 1. The van der Waals surface area contributed by atoms with Gasteiger partial charge in [-0.05, 0) is 49.2 Å². The highest BCUT2D eigenvalue weighted by molar-refractivity contribution is 5.95. The van der Waals surface area contributed by atoms with Crippen LogP contribution in [0.2, 0.25) is 0 Å². The topological polar surface area (TPSA) is 67.9 Å². The Morgan fingerprint density at radius 2 is 1.91 bits per heavy atom. The van der Waals surface area contributed by atoms with E-state index in [1.54, 1.807) is 25.3 Å². The Bertz CT molecular complexity index is 978. The van der Waals surface area contributed by atoms with Crippen molar-refractivity contribution in [3.05, 3.63) is 59.2 Å². The van der Waals surface area contributed by atoms with Crippen molar-refractivity contribution in [1.29, 1.82) is 0 Å². The van der Waals surface area contributed by atoms with Crippen LogP contribution in [0.3, 0.4) is 0 Å². The van der Waals surface area contributed by atoms with E-state index in [-0.39, 0.29) is 24.6 Å². The van der Waals surface area contributed by atoms with Crippen molar-refractivity contribution in [2.75, 3.05) is 27.3 Å². The molecular formula is C23H25F3N2O4. The third-order valence-corrected chi connectivity index (χ3v) is 5.46. The maximum Gasteiger partial charge on any atom is 0.416 e. The van der Waals surface area contributed by atoms with E-state index in [4.69, 9.17) is 9.47 Å². The molecule has 9 heteroatoms. The first-order chi connectivity index (χ1) is 15.2. The average Bonchev–Trinajstić information content (AvgIpc) is 2.81. The molecule has 0 aromatic heterocycles. The molecule has 32 heavy (non-hydrogen) atoms. The molecule has 3 rings (SSSR count). The highest BCUT2D eigenvalue weighted by Gasteiger charge is 2.33. The molecule has 0 radical (unpaired) electrons. The highest BCUT2D eigenvalue weighted by atomic mass is 19.4. The van der Waals surface area contributed by atoms with Gasteiger partial charge in [0.05, 0.1) is 25.7 Å². The van der Waals surface area contributed by atoms with Crippen molar-refractivity contribution in [2.24, 2.45) is 5.92 Å². The van der Waals surface area contributed by atoms with Gasteiger partial charge in [-0.1, -0.05) is 6.07 Å². The van der Waals surface area contributed by atoms with Gasteiger partial charge in [-0.2, -0.15) is 13.2 Å². The number of alkyl halides is 3. The number of nitrogens with zero attached hydrogens (tertiary/aromatic N) is 1. The SMILES string of the molecule is COc1ccc(OC)c(CNC(=O)[C@H]2CCCN(C(=O)c3cccc(C(F)(F)F)c3)C2)c1. The Morgan fingerprint density at radius 1 is 1.12 bits per heavy atom. The molecule has 1 atom stereocenters. The molecule has 1 saturated heterocycles. The summed E-state index contributed by atoms with van der Waals surface area (Å²) in [4.78, 5) is 27.0. The lowest BCUT2D eigenvalue weighted by Crippen LogP contribution is -2.45. The van der Waals surface area contributed by atoms with E-state index in [1.807, 2.05) is 0 Å². The van der Waals surface area contributed by atoms with Crippen LogP contribution in [0, 0.1) is 5.92 Å². The molecule has 2 aromatic rings. The number of carbonyl (C=O) groups is 2. The predicted octanol–water partition coefficient (Wildman–Crippen LogP) is 3.89. The Hall–Kier alpha value is -3.23. The molecule has 0 spiro atoms. The lowest BCUT2D eigenvalue weighted by atomic mass is 9.96. The number of halogens is 3. The third-order valence-electron chi connectivity index (χ3n) is 5.46. The van der Waals surface area contributed by atoms with Crippen molar-refractivity contribution in [3.8, 4) is 11.5 Å². The van der Waals surface area contributed by atoms with E-state index in [9.17, 15) is 22.8 Å². The van der Waals surface area contributed by atoms with Crippen LogP contribution < -0.4 is 14.8 Å². The summed E-state index contributed by atoms with van der Waals surface area (Å²) in [5.74, 6) is 0.0521. The maximum atomic E-state index is 13.0. The van der Waals surface area contributed by atoms with E-state index in [0.29, 0.717) is 30.9 Å². The number of benzene rings is 2. The molecule has 1 aliphatic rings. The van der Waals surface area contributed by atoms with Gasteiger partial charge in [0, 0.05) is 30.8 Å². The van der Waals surface area contributed by atoms with Gasteiger partial charge in [0.25, 0.3) is 5.91 Å². The number of hydrogen-bond donors (Lipinski definition) is 1. The molecule has 1 N–H and O–H groups in total. The summed E-state index contributed by atoms with van der Waals surface area (Å²) >= 11 is 0. The zero-order valence-corrected chi connectivity index (χ0v) is 17.9. The number of hydrogen-bond acceptors (Lipinski definition) is 4. The summed E-state index contributed by atoms with van der Waals surface area (Å²) in [7, 11) is 3.08. The summed E-state index contributed by atoms with van der Waals surface area (Å²) in [6.07, 6.45) is -3.35. The van der Waals surface area contributed by atoms with Crippen molar-refractivity contribution in [2.45, 2.75) is 25.6 Å². The first-order valence-corrected chi connectivity index (χ1v) is 10.2. The van der Waals surface area contributed by atoms with E-state index in [1.165, 1.54) is 24.1 Å². The Morgan fingerprint density at radius 3 is 2.59 bits per heavy atom. The van der Waals surface area contributed by atoms with Gasteiger partial charge < -0.3 is 19.7 Å². The zero-order valence-electron chi connectivity index (χ0n) is 17.9. The maximum absolute atomic E-state index is 13.0. The minimum absolute atomic E-state index is 0.0398.